The molecule has 0 aliphatic heterocycles. The second kappa shape index (κ2) is 14.0. The molecule has 0 saturated heterocycles. The number of carboxylic acids is 2. The Morgan fingerprint density at radius 3 is 0.982 bits per heavy atom. The van der Waals surface area contributed by atoms with E-state index >= 15 is 0 Å². The van der Waals surface area contributed by atoms with E-state index in [4.69, 9.17) is 10.2 Å². The van der Waals surface area contributed by atoms with E-state index in [9.17, 15) is 90.9 Å². The Morgan fingerprint density at radius 1 is 0.455 bits per heavy atom. The number of hydrogen-bond acceptors (Lipinski definition) is 6. The van der Waals surface area contributed by atoms with Gasteiger partial charge in [-0.05, 0) is 35.4 Å². The molecule has 0 saturated carbocycles. The van der Waals surface area contributed by atoms with Gasteiger partial charge in [-0.25, -0.2) is 44.7 Å². The van der Waals surface area contributed by atoms with Crippen molar-refractivity contribution in [2.24, 2.45) is 0 Å². The number of halogens is 14. The number of amides is 2. The van der Waals surface area contributed by atoms with Gasteiger partial charge in [0.05, 0.1) is 22.5 Å². The first-order valence-electron chi connectivity index (χ1n) is 13.8. The molecule has 24 heteroatoms. The summed E-state index contributed by atoms with van der Waals surface area (Å²) < 4.78 is 202. The average molecular weight is 806 g/mol. The molecular formula is C31H12F14N2O8. The normalized spacial score (nSPS) is 12.0. The van der Waals surface area contributed by atoms with E-state index in [0.29, 0.717) is 0 Å². The smallest absolute Gasteiger partial charge is 0.411 e. The molecule has 0 fully saturated rings. The lowest BCUT2D eigenvalue weighted by Crippen LogP contribution is -2.54. The van der Waals surface area contributed by atoms with E-state index in [1.807, 2.05) is 0 Å². The Morgan fingerprint density at radius 2 is 0.727 bits per heavy atom. The number of phenols is 2. The third-order valence-corrected chi connectivity index (χ3v) is 7.62. The zero-order chi connectivity index (χ0) is 41.9. The summed E-state index contributed by atoms with van der Waals surface area (Å²) in [5.41, 5.74) is -21.5. The minimum absolute atomic E-state index is 0.0361. The van der Waals surface area contributed by atoms with Crippen molar-refractivity contribution in [3.05, 3.63) is 116 Å². The van der Waals surface area contributed by atoms with E-state index in [1.54, 1.807) is 0 Å². The fourth-order valence-corrected chi connectivity index (χ4v) is 5.18. The second-order valence-corrected chi connectivity index (χ2v) is 10.7. The number of hydrogen-bond donors (Lipinski definition) is 6. The molecule has 0 aliphatic carbocycles. The van der Waals surface area contributed by atoms with Crippen molar-refractivity contribution in [1.82, 2.24) is 0 Å². The Balaban J connectivity index is 1.95. The van der Waals surface area contributed by atoms with Gasteiger partial charge in [0.15, 0.2) is 46.5 Å². The molecule has 292 valence electrons. The van der Waals surface area contributed by atoms with Gasteiger partial charge in [0, 0.05) is 0 Å². The number of alkyl halides is 6. The van der Waals surface area contributed by atoms with Crippen LogP contribution in [0.5, 0.6) is 11.5 Å². The van der Waals surface area contributed by atoms with Crippen molar-refractivity contribution in [2.45, 2.75) is 17.8 Å². The molecule has 4 aromatic rings. The van der Waals surface area contributed by atoms with Gasteiger partial charge in [-0.15, -0.1) is 0 Å². The first-order valence-corrected chi connectivity index (χ1v) is 13.8. The highest BCUT2D eigenvalue weighted by Gasteiger charge is 2.72. The molecule has 0 spiro atoms. The molecule has 55 heavy (non-hydrogen) atoms. The van der Waals surface area contributed by atoms with Crippen molar-refractivity contribution >= 4 is 35.1 Å². The number of aromatic hydroxyl groups is 2. The van der Waals surface area contributed by atoms with Gasteiger partial charge in [0.2, 0.25) is 5.41 Å². The summed E-state index contributed by atoms with van der Waals surface area (Å²) in [5.74, 6) is -34.8. The molecule has 0 bridgehead atoms. The first-order chi connectivity index (χ1) is 25.2. The van der Waals surface area contributed by atoms with Crippen LogP contribution in [0.15, 0.2) is 36.4 Å². The number of carbonyl (C=O) groups excluding carboxylic acids is 2. The third-order valence-electron chi connectivity index (χ3n) is 7.62. The maximum atomic E-state index is 14.9. The Kier molecular flexibility index (Phi) is 10.5. The topological polar surface area (TPSA) is 173 Å². The molecule has 0 unspecified atom stereocenters. The van der Waals surface area contributed by atoms with Crippen molar-refractivity contribution in [3.8, 4) is 11.5 Å². The molecule has 0 aliphatic rings. The van der Waals surface area contributed by atoms with E-state index in [1.165, 1.54) is 10.6 Å². The van der Waals surface area contributed by atoms with Crippen LogP contribution < -0.4 is 10.6 Å². The minimum atomic E-state index is -6.63. The molecule has 0 atom stereocenters. The lowest BCUT2D eigenvalue weighted by molar-refractivity contribution is -0.288. The van der Waals surface area contributed by atoms with Crippen LogP contribution in [0.25, 0.3) is 0 Å². The van der Waals surface area contributed by atoms with Gasteiger partial charge in [-0.2, -0.15) is 26.3 Å². The Bertz CT molecular complexity index is 2170. The molecule has 2 amide bonds. The van der Waals surface area contributed by atoms with Crippen LogP contribution in [-0.2, 0) is 5.41 Å². The number of carbonyl (C=O) groups is 4. The van der Waals surface area contributed by atoms with Crippen LogP contribution >= 0.6 is 0 Å². The monoisotopic (exact) mass is 806 g/mol. The summed E-state index contributed by atoms with van der Waals surface area (Å²) in [7, 11) is 0. The van der Waals surface area contributed by atoms with Crippen molar-refractivity contribution in [1.29, 1.82) is 0 Å². The number of nitrogens with one attached hydrogen (secondary N) is 2. The lowest BCUT2D eigenvalue weighted by atomic mass is 9.72. The number of aromatic carboxylic acids is 2. The van der Waals surface area contributed by atoms with Crippen LogP contribution in [0.1, 0.15) is 52.6 Å². The third kappa shape index (κ3) is 6.62. The van der Waals surface area contributed by atoms with E-state index < -0.39 is 144 Å². The second-order valence-electron chi connectivity index (χ2n) is 10.7. The predicted octanol–water partition coefficient (Wildman–Crippen LogP) is 7.52. The van der Waals surface area contributed by atoms with Crippen LogP contribution in [0.4, 0.5) is 72.8 Å². The van der Waals surface area contributed by atoms with Gasteiger partial charge in [-0.3, -0.25) is 9.59 Å². The van der Waals surface area contributed by atoms with Crippen molar-refractivity contribution < 1.29 is 101 Å². The first kappa shape index (κ1) is 41.1. The molecule has 0 heterocycles. The number of phenolic OH excluding ortho intramolecular Hbond substituents is 2. The van der Waals surface area contributed by atoms with E-state index in [2.05, 4.69) is 0 Å². The zero-order valence-corrected chi connectivity index (χ0v) is 25.7. The summed E-state index contributed by atoms with van der Waals surface area (Å²) in [6.07, 6.45) is -13.3. The highest BCUT2D eigenvalue weighted by atomic mass is 19.4. The van der Waals surface area contributed by atoms with E-state index in [-0.39, 0.29) is 36.4 Å². The molecule has 4 aromatic carbocycles. The molecular weight excluding hydrogens is 794 g/mol. The van der Waals surface area contributed by atoms with E-state index in [0.717, 1.165) is 0 Å². The zero-order valence-electron chi connectivity index (χ0n) is 25.7. The summed E-state index contributed by atoms with van der Waals surface area (Å²) >= 11 is 0. The van der Waals surface area contributed by atoms with Gasteiger partial charge in [0.25, 0.3) is 11.8 Å². The number of rotatable bonds is 8. The highest BCUT2D eigenvalue weighted by molar-refractivity contribution is 6.12. The quantitative estimate of drug-likeness (QED) is 0.0459. The molecule has 6 N–H and O–H groups in total. The van der Waals surface area contributed by atoms with Gasteiger partial charge < -0.3 is 31.1 Å². The Labute approximate surface area is 292 Å². The largest absolute Gasteiger partial charge is 0.506 e. The van der Waals surface area contributed by atoms with Crippen LogP contribution in [0, 0.1) is 46.5 Å². The molecule has 4 rings (SSSR count). The van der Waals surface area contributed by atoms with Gasteiger partial charge in [0.1, 0.15) is 22.6 Å². The maximum absolute atomic E-state index is 14.9. The molecule has 10 nitrogen and oxygen atoms in total. The molecule has 0 radical (unpaired) electrons. The van der Waals surface area contributed by atoms with Crippen LogP contribution in [-0.4, -0.2) is 56.5 Å². The minimum Gasteiger partial charge on any atom is -0.506 e. The molecule has 0 aromatic heterocycles. The van der Waals surface area contributed by atoms with Gasteiger partial charge >= 0.3 is 24.3 Å². The number of carboxylic acid groups (broad SMARTS) is 2. The summed E-state index contributed by atoms with van der Waals surface area (Å²) in [6, 6.07) is -0.728. The van der Waals surface area contributed by atoms with Gasteiger partial charge in [-0.1, -0.05) is 12.1 Å². The summed E-state index contributed by atoms with van der Waals surface area (Å²) in [6.45, 7) is 0. The van der Waals surface area contributed by atoms with Crippen LogP contribution in [0.2, 0.25) is 0 Å². The number of benzene rings is 4. The average Bonchev–Trinajstić information content (AvgIpc) is 3.07. The summed E-state index contributed by atoms with van der Waals surface area (Å²) in [5, 5.41) is 41.1. The maximum Gasteiger partial charge on any atom is 0.411 e. The predicted molar refractivity (Wildman–Crippen MR) is 151 cm³/mol. The standard InChI is InChI=1S/C31H12F14N2O8/c32-17-13(15(27(52)53)19(34)23(38)21(17)36)25(50)46-9-5-7(1-3-11(9)48)29(30(40,41)42,31(43,44)45)8-2-4-12(49)10(6-8)47-26(51)14-16(28(54)55)20(35)24(39)22(37)18(14)33/h1-6,48-49H,(H,46,50)(H,47,51)(H,52,53)(H,54,55). The fourth-order valence-electron chi connectivity index (χ4n) is 5.18. The number of anilines is 2. The summed E-state index contributed by atoms with van der Waals surface area (Å²) in [4.78, 5) is 48.4. The fraction of sp³-hybridized carbons (Fsp3) is 0.0968. The lowest BCUT2D eigenvalue weighted by Gasteiger charge is -2.38. The highest BCUT2D eigenvalue weighted by Crippen LogP contribution is 2.57. The van der Waals surface area contributed by atoms with Crippen molar-refractivity contribution in [2.75, 3.05) is 10.6 Å². The van der Waals surface area contributed by atoms with Crippen LogP contribution in [0.3, 0.4) is 0 Å². The van der Waals surface area contributed by atoms with Crippen molar-refractivity contribution in [3.63, 3.8) is 0 Å². The Hall–Kier alpha value is -6.62. The SMILES string of the molecule is O=C(O)c1c(F)c(F)c(F)c(F)c1C(=O)Nc1cc(C(c2ccc(O)c(NC(=O)c3c(F)c(F)c(F)c(F)c3C(=O)O)c2)(C(F)(F)F)C(F)(F)F)ccc1O.